The first-order valence-electron chi connectivity index (χ1n) is 7.55. The fourth-order valence-corrected chi connectivity index (χ4v) is 2.88. The lowest BCUT2D eigenvalue weighted by atomic mass is 10.1. The molecule has 0 bridgehead atoms. The topological polar surface area (TPSA) is 75.3 Å². The van der Waals surface area contributed by atoms with Crippen molar-refractivity contribution in [2.24, 2.45) is 0 Å². The highest BCUT2D eigenvalue weighted by Crippen LogP contribution is 2.20. The number of nitrogens with one attached hydrogen (secondary N) is 2. The molecule has 0 fully saturated rings. The Kier molecular flexibility index (Phi) is 5.51. The molecule has 0 unspecified atom stereocenters. The number of ketones is 1. The van der Waals surface area contributed by atoms with Crippen molar-refractivity contribution in [3.8, 4) is 0 Å². The smallest absolute Gasteiger partial charge is 0.309 e. The summed E-state index contributed by atoms with van der Waals surface area (Å²) >= 11 is 1.31. The first-order valence-corrected chi connectivity index (χ1v) is 8.37. The summed E-state index contributed by atoms with van der Waals surface area (Å²) in [4.78, 5) is 37.2. The van der Waals surface area contributed by atoms with Gasteiger partial charge in [0.05, 0.1) is 11.4 Å². The summed E-state index contributed by atoms with van der Waals surface area (Å²) < 4.78 is 0. The molecule has 0 atom stereocenters. The normalized spacial score (nSPS) is 11.0. The van der Waals surface area contributed by atoms with Crippen molar-refractivity contribution in [2.45, 2.75) is 32.9 Å². The minimum atomic E-state index is -0.686. The summed E-state index contributed by atoms with van der Waals surface area (Å²) in [5, 5.41) is 5.16. The molecule has 1 aromatic carbocycles. The van der Waals surface area contributed by atoms with Gasteiger partial charge in [-0.2, -0.15) is 0 Å². The van der Waals surface area contributed by atoms with Crippen LogP contribution in [-0.4, -0.2) is 23.1 Å². The van der Waals surface area contributed by atoms with E-state index < -0.39 is 17.4 Å². The van der Waals surface area contributed by atoms with E-state index in [1.54, 1.807) is 45.0 Å². The van der Waals surface area contributed by atoms with E-state index in [1.807, 2.05) is 18.2 Å². The molecule has 1 heterocycles. The van der Waals surface area contributed by atoms with Crippen molar-refractivity contribution in [3.63, 3.8) is 0 Å². The van der Waals surface area contributed by atoms with Crippen LogP contribution in [0.3, 0.4) is 0 Å². The number of hydrogen-bond donors (Lipinski definition) is 2. The van der Waals surface area contributed by atoms with Crippen LogP contribution in [0.25, 0.3) is 0 Å². The summed E-state index contributed by atoms with van der Waals surface area (Å²) in [5.74, 6) is -1.41. The summed E-state index contributed by atoms with van der Waals surface area (Å²) in [7, 11) is 0. The van der Waals surface area contributed by atoms with Crippen molar-refractivity contribution in [1.29, 1.82) is 0 Å². The quantitative estimate of drug-likeness (QED) is 0.661. The Hall–Kier alpha value is -2.47. The molecule has 24 heavy (non-hydrogen) atoms. The third-order valence-corrected chi connectivity index (χ3v) is 4.12. The zero-order chi connectivity index (χ0) is 17.7. The van der Waals surface area contributed by atoms with E-state index in [0.29, 0.717) is 10.4 Å². The highest BCUT2D eigenvalue weighted by Gasteiger charge is 2.20. The maximum atomic E-state index is 12.3. The van der Waals surface area contributed by atoms with Crippen LogP contribution in [0.5, 0.6) is 0 Å². The predicted molar refractivity (Wildman–Crippen MR) is 93.9 cm³/mol. The van der Waals surface area contributed by atoms with Gasteiger partial charge in [-0.05, 0) is 32.9 Å². The number of carbonyl (C=O) groups excluding carboxylic acids is 3. The molecule has 0 saturated heterocycles. The zero-order valence-electron chi connectivity index (χ0n) is 13.9. The van der Waals surface area contributed by atoms with Crippen LogP contribution in [0, 0.1) is 0 Å². The highest BCUT2D eigenvalue weighted by atomic mass is 32.1. The van der Waals surface area contributed by atoms with E-state index in [4.69, 9.17) is 0 Å². The van der Waals surface area contributed by atoms with Gasteiger partial charge in [-0.3, -0.25) is 14.4 Å². The Morgan fingerprint density at radius 1 is 0.958 bits per heavy atom. The van der Waals surface area contributed by atoms with Crippen LogP contribution in [0.2, 0.25) is 0 Å². The summed E-state index contributed by atoms with van der Waals surface area (Å²) in [6, 6.07) is 12.5. The number of hydrogen-bond acceptors (Lipinski definition) is 4. The highest BCUT2D eigenvalue weighted by molar-refractivity contribution is 7.14. The Bertz CT molecular complexity index is 745. The molecule has 5 nitrogen and oxygen atoms in total. The van der Waals surface area contributed by atoms with Crippen LogP contribution in [0.1, 0.15) is 40.9 Å². The summed E-state index contributed by atoms with van der Waals surface area (Å²) in [6.45, 7) is 5.62. The van der Waals surface area contributed by atoms with Gasteiger partial charge in [0.2, 0.25) is 5.78 Å². The van der Waals surface area contributed by atoms with Gasteiger partial charge in [0.15, 0.2) is 0 Å². The average molecular weight is 344 g/mol. The number of rotatable bonds is 4. The molecule has 0 aliphatic rings. The van der Waals surface area contributed by atoms with Crippen LogP contribution in [-0.2, 0) is 16.1 Å². The van der Waals surface area contributed by atoms with Crippen LogP contribution >= 0.6 is 11.3 Å². The third kappa shape index (κ3) is 5.03. The Morgan fingerprint density at radius 3 is 2.25 bits per heavy atom. The van der Waals surface area contributed by atoms with Crippen molar-refractivity contribution in [1.82, 2.24) is 10.6 Å². The standard InChI is InChI=1S/C18H20N2O3S/c1-18(2,3)20-17(23)16(22)19-11-13-9-10-14(24-13)15(21)12-7-5-4-6-8-12/h4-10H,11H2,1-3H3,(H,19,22)(H,20,23). The molecule has 0 aliphatic heterocycles. The molecule has 0 aliphatic carbocycles. The molecule has 0 saturated carbocycles. The lowest BCUT2D eigenvalue weighted by Gasteiger charge is -2.19. The summed E-state index contributed by atoms with van der Waals surface area (Å²) in [6.07, 6.45) is 0. The maximum absolute atomic E-state index is 12.3. The molecule has 2 N–H and O–H groups in total. The lowest BCUT2D eigenvalue weighted by molar-refractivity contribution is -0.140. The molecule has 0 spiro atoms. The number of carbonyl (C=O) groups is 3. The Morgan fingerprint density at radius 2 is 1.62 bits per heavy atom. The average Bonchev–Trinajstić information content (AvgIpc) is 3.00. The Balaban J connectivity index is 1.94. The zero-order valence-corrected chi connectivity index (χ0v) is 14.7. The molecule has 126 valence electrons. The van der Waals surface area contributed by atoms with Gasteiger partial charge in [-0.1, -0.05) is 30.3 Å². The second-order valence-electron chi connectivity index (χ2n) is 6.35. The number of amides is 2. The molecular weight excluding hydrogens is 324 g/mol. The lowest BCUT2D eigenvalue weighted by Crippen LogP contribution is -2.47. The van der Waals surface area contributed by atoms with E-state index in [9.17, 15) is 14.4 Å². The SMILES string of the molecule is CC(C)(C)NC(=O)C(=O)NCc1ccc(C(=O)c2ccccc2)s1. The molecule has 0 radical (unpaired) electrons. The maximum Gasteiger partial charge on any atom is 0.309 e. The van der Waals surface area contributed by atoms with E-state index in [2.05, 4.69) is 10.6 Å². The number of benzene rings is 1. The molecule has 1 aromatic heterocycles. The minimum absolute atomic E-state index is 0.0522. The molecule has 2 aromatic rings. The molecule has 6 heteroatoms. The van der Waals surface area contributed by atoms with E-state index in [1.165, 1.54) is 11.3 Å². The second kappa shape index (κ2) is 7.40. The second-order valence-corrected chi connectivity index (χ2v) is 7.52. The van der Waals surface area contributed by atoms with E-state index >= 15 is 0 Å². The van der Waals surface area contributed by atoms with Crippen LogP contribution in [0.4, 0.5) is 0 Å². The van der Waals surface area contributed by atoms with Gasteiger partial charge in [0, 0.05) is 16.0 Å². The van der Waals surface area contributed by atoms with Crippen molar-refractivity contribution >= 4 is 28.9 Å². The van der Waals surface area contributed by atoms with Gasteiger partial charge in [0.1, 0.15) is 0 Å². The first-order chi connectivity index (χ1) is 11.3. The monoisotopic (exact) mass is 344 g/mol. The first kappa shape index (κ1) is 17.9. The van der Waals surface area contributed by atoms with Crippen LogP contribution < -0.4 is 10.6 Å². The fourth-order valence-electron chi connectivity index (χ4n) is 1.97. The van der Waals surface area contributed by atoms with Gasteiger partial charge in [0.25, 0.3) is 0 Å². The predicted octanol–water partition coefficient (Wildman–Crippen LogP) is 2.51. The van der Waals surface area contributed by atoms with Gasteiger partial charge < -0.3 is 10.6 Å². The minimum Gasteiger partial charge on any atom is -0.343 e. The van der Waals surface area contributed by atoms with Crippen molar-refractivity contribution < 1.29 is 14.4 Å². The van der Waals surface area contributed by atoms with Gasteiger partial charge >= 0.3 is 11.8 Å². The number of thiophene rings is 1. The fraction of sp³-hybridized carbons (Fsp3) is 0.278. The largest absolute Gasteiger partial charge is 0.343 e. The van der Waals surface area contributed by atoms with Crippen LogP contribution in [0.15, 0.2) is 42.5 Å². The van der Waals surface area contributed by atoms with Gasteiger partial charge in [-0.25, -0.2) is 0 Å². The van der Waals surface area contributed by atoms with Crippen molar-refractivity contribution in [3.05, 3.63) is 57.8 Å². The summed E-state index contributed by atoms with van der Waals surface area (Å²) in [5.41, 5.74) is 0.159. The molecule has 2 rings (SSSR count). The van der Waals surface area contributed by atoms with Crippen molar-refractivity contribution in [2.75, 3.05) is 0 Å². The van der Waals surface area contributed by atoms with Gasteiger partial charge in [-0.15, -0.1) is 11.3 Å². The molecule has 2 amide bonds. The Labute approximate surface area is 145 Å². The van der Waals surface area contributed by atoms with E-state index in [-0.39, 0.29) is 12.3 Å². The molecular formula is C18H20N2O3S. The van der Waals surface area contributed by atoms with E-state index in [0.717, 1.165) is 4.88 Å². The third-order valence-electron chi connectivity index (χ3n) is 3.04.